The van der Waals surface area contributed by atoms with Gasteiger partial charge >= 0.3 is 0 Å². The highest BCUT2D eigenvalue weighted by Crippen LogP contribution is 2.23. The first-order valence-corrected chi connectivity index (χ1v) is 7.51. The van der Waals surface area contributed by atoms with E-state index in [-0.39, 0.29) is 0 Å². The first-order valence-electron chi connectivity index (χ1n) is 7.51. The number of rotatable bonds is 4. The molecule has 1 fully saturated rings. The van der Waals surface area contributed by atoms with E-state index in [4.69, 9.17) is 0 Å². The largest absolute Gasteiger partial charge is 0.308 e. The number of benzene rings is 1. The molecule has 3 rings (SSSR count). The van der Waals surface area contributed by atoms with Gasteiger partial charge < -0.3 is 5.32 Å². The van der Waals surface area contributed by atoms with Crippen molar-refractivity contribution < 1.29 is 0 Å². The highest BCUT2D eigenvalue weighted by molar-refractivity contribution is 5.28. The second kappa shape index (κ2) is 6.18. The maximum atomic E-state index is 4.53. The molecule has 0 spiro atoms. The number of nitrogens with one attached hydrogen (secondary N) is 1. The van der Waals surface area contributed by atoms with Crippen LogP contribution in [0.2, 0.25) is 0 Å². The summed E-state index contributed by atoms with van der Waals surface area (Å²) < 4.78 is 0. The molecule has 1 aliphatic carbocycles. The van der Waals surface area contributed by atoms with Gasteiger partial charge in [0.1, 0.15) is 0 Å². The minimum atomic E-state index is 0.639. The van der Waals surface area contributed by atoms with E-state index in [9.17, 15) is 0 Å². The summed E-state index contributed by atoms with van der Waals surface area (Å²) in [6.45, 7) is 3.16. The van der Waals surface area contributed by atoms with Crippen molar-refractivity contribution in [2.45, 2.75) is 45.2 Å². The maximum absolute atomic E-state index is 4.53. The molecule has 1 aromatic heterocycles. The van der Waals surface area contributed by atoms with Gasteiger partial charge in [-0.2, -0.15) is 15.0 Å². The Balaban J connectivity index is 1.58. The van der Waals surface area contributed by atoms with Crippen LogP contribution in [0, 0.1) is 5.92 Å². The van der Waals surface area contributed by atoms with E-state index < -0.39 is 0 Å². The molecule has 0 amide bonds. The Kier molecular flexibility index (Phi) is 4.11. The topological polar surface area (TPSA) is 42.7 Å². The molecule has 4 nitrogen and oxygen atoms in total. The van der Waals surface area contributed by atoms with Gasteiger partial charge in [-0.15, -0.1) is 0 Å². The number of hydrogen-bond acceptors (Lipinski definition) is 3. The molecule has 2 atom stereocenters. The van der Waals surface area contributed by atoms with Crippen molar-refractivity contribution in [3.8, 4) is 5.69 Å². The van der Waals surface area contributed by atoms with E-state index in [0.717, 1.165) is 23.8 Å². The summed E-state index contributed by atoms with van der Waals surface area (Å²) in [5.74, 6) is 0.848. The second-order valence-electron chi connectivity index (χ2n) is 5.81. The normalized spacial score (nSPS) is 22.9. The van der Waals surface area contributed by atoms with Gasteiger partial charge in [0.15, 0.2) is 0 Å². The molecule has 1 aliphatic rings. The summed E-state index contributed by atoms with van der Waals surface area (Å²) in [5, 5.41) is 12.5. The van der Waals surface area contributed by atoms with E-state index in [1.165, 1.54) is 25.7 Å². The van der Waals surface area contributed by atoms with Crippen LogP contribution in [-0.2, 0) is 6.54 Å². The molecular weight excluding hydrogens is 248 g/mol. The van der Waals surface area contributed by atoms with Crippen molar-refractivity contribution in [1.29, 1.82) is 0 Å². The quantitative estimate of drug-likeness (QED) is 0.929. The Bertz CT molecular complexity index is 534. The average Bonchev–Trinajstić information content (AvgIpc) is 2.95. The monoisotopic (exact) mass is 270 g/mol. The maximum Gasteiger partial charge on any atom is 0.0969 e. The standard InChI is InChI=1S/C16H22N4/c1-13-6-5-7-14(10-13)17-11-15-12-18-20(19-15)16-8-3-2-4-9-16/h2-4,8-9,12-14,17H,5-7,10-11H2,1H3. The molecule has 0 bridgehead atoms. The lowest BCUT2D eigenvalue weighted by Crippen LogP contribution is -2.33. The SMILES string of the molecule is CC1CCCC(NCc2cnn(-c3ccccc3)n2)C1. The van der Waals surface area contributed by atoms with Crippen molar-refractivity contribution in [2.75, 3.05) is 0 Å². The summed E-state index contributed by atoms with van der Waals surface area (Å²) in [6.07, 6.45) is 7.15. The minimum Gasteiger partial charge on any atom is -0.308 e. The molecule has 0 saturated heterocycles. The number of aromatic nitrogens is 3. The molecule has 1 aromatic carbocycles. The van der Waals surface area contributed by atoms with E-state index in [0.29, 0.717) is 6.04 Å². The molecule has 0 aliphatic heterocycles. The van der Waals surface area contributed by atoms with Crippen LogP contribution < -0.4 is 5.32 Å². The van der Waals surface area contributed by atoms with E-state index in [1.807, 2.05) is 36.5 Å². The van der Waals surface area contributed by atoms with Crippen molar-refractivity contribution in [2.24, 2.45) is 5.92 Å². The van der Waals surface area contributed by atoms with Crippen molar-refractivity contribution in [3.63, 3.8) is 0 Å². The molecule has 2 aromatic rings. The highest BCUT2D eigenvalue weighted by atomic mass is 15.5. The van der Waals surface area contributed by atoms with Crippen molar-refractivity contribution >= 4 is 0 Å². The fraction of sp³-hybridized carbons (Fsp3) is 0.500. The van der Waals surface area contributed by atoms with Crippen LogP contribution in [0.5, 0.6) is 0 Å². The van der Waals surface area contributed by atoms with Gasteiger partial charge in [0.25, 0.3) is 0 Å². The molecule has 0 radical (unpaired) electrons. The zero-order chi connectivity index (χ0) is 13.8. The predicted molar refractivity (Wildman–Crippen MR) is 79.6 cm³/mol. The summed E-state index contributed by atoms with van der Waals surface area (Å²) in [6, 6.07) is 10.7. The molecule has 1 heterocycles. The smallest absolute Gasteiger partial charge is 0.0969 e. The van der Waals surface area contributed by atoms with Gasteiger partial charge in [-0.25, -0.2) is 0 Å². The van der Waals surface area contributed by atoms with Crippen LogP contribution in [0.4, 0.5) is 0 Å². The fourth-order valence-electron chi connectivity index (χ4n) is 2.93. The van der Waals surface area contributed by atoms with Gasteiger partial charge in [-0.3, -0.25) is 0 Å². The second-order valence-corrected chi connectivity index (χ2v) is 5.81. The molecular formula is C16H22N4. The van der Waals surface area contributed by atoms with Gasteiger partial charge in [-0.1, -0.05) is 38.0 Å². The van der Waals surface area contributed by atoms with Gasteiger partial charge in [0.2, 0.25) is 0 Å². The summed E-state index contributed by atoms with van der Waals surface area (Å²) in [5.41, 5.74) is 2.01. The van der Waals surface area contributed by atoms with Crippen LogP contribution in [0.15, 0.2) is 36.5 Å². The lowest BCUT2D eigenvalue weighted by Gasteiger charge is -2.27. The van der Waals surface area contributed by atoms with Gasteiger partial charge in [0.05, 0.1) is 17.6 Å². The predicted octanol–water partition coefficient (Wildman–Crippen LogP) is 2.94. The molecule has 20 heavy (non-hydrogen) atoms. The Morgan fingerprint density at radius 1 is 1.25 bits per heavy atom. The lowest BCUT2D eigenvalue weighted by atomic mass is 9.87. The van der Waals surface area contributed by atoms with Crippen LogP contribution in [0.1, 0.15) is 38.3 Å². The van der Waals surface area contributed by atoms with Crippen LogP contribution in [0.3, 0.4) is 0 Å². The molecule has 1 saturated carbocycles. The van der Waals surface area contributed by atoms with Crippen molar-refractivity contribution in [3.05, 3.63) is 42.2 Å². The number of nitrogens with zero attached hydrogens (tertiary/aromatic N) is 3. The third kappa shape index (κ3) is 3.25. The Morgan fingerprint density at radius 3 is 2.90 bits per heavy atom. The summed E-state index contributed by atoms with van der Waals surface area (Å²) in [4.78, 5) is 1.69. The Hall–Kier alpha value is -1.68. The van der Waals surface area contributed by atoms with Gasteiger partial charge in [0, 0.05) is 12.6 Å². The number of para-hydroxylation sites is 1. The highest BCUT2D eigenvalue weighted by Gasteiger charge is 2.18. The first-order chi connectivity index (χ1) is 9.81. The van der Waals surface area contributed by atoms with Crippen molar-refractivity contribution in [1.82, 2.24) is 20.3 Å². The summed E-state index contributed by atoms with van der Waals surface area (Å²) in [7, 11) is 0. The fourth-order valence-corrected chi connectivity index (χ4v) is 2.93. The number of hydrogen-bond donors (Lipinski definition) is 1. The lowest BCUT2D eigenvalue weighted by molar-refractivity contribution is 0.299. The third-order valence-corrected chi connectivity index (χ3v) is 4.03. The molecule has 106 valence electrons. The Labute approximate surface area is 120 Å². The summed E-state index contributed by atoms with van der Waals surface area (Å²) >= 11 is 0. The molecule has 4 heteroatoms. The average molecular weight is 270 g/mol. The van der Waals surface area contributed by atoms with Gasteiger partial charge in [-0.05, 0) is 30.9 Å². The zero-order valence-corrected chi connectivity index (χ0v) is 12.0. The van der Waals surface area contributed by atoms with E-state index >= 15 is 0 Å². The first kappa shape index (κ1) is 13.3. The molecule has 2 unspecified atom stereocenters. The third-order valence-electron chi connectivity index (χ3n) is 4.03. The molecule has 1 N–H and O–H groups in total. The van der Waals surface area contributed by atoms with Crippen LogP contribution in [0.25, 0.3) is 5.69 Å². The Morgan fingerprint density at radius 2 is 2.10 bits per heavy atom. The zero-order valence-electron chi connectivity index (χ0n) is 12.0. The van der Waals surface area contributed by atoms with Crippen LogP contribution >= 0.6 is 0 Å². The van der Waals surface area contributed by atoms with E-state index in [1.54, 1.807) is 4.80 Å². The minimum absolute atomic E-state index is 0.639. The van der Waals surface area contributed by atoms with Crippen LogP contribution in [-0.4, -0.2) is 21.0 Å². The van der Waals surface area contributed by atoms with E-state index in [2.05, 4.69) is 22.4 Å².